The van der Waals surface area contributed by atoms with Gasteiger partial charge in [0.1, 0.15) is 28.5 Å². The zero-order chi connectivity index (χ0) is 42.4. The molecular formula is C45H55N3O10. The fourth-order valence-corrected chi connectivity index (χ4v) is 10.9. The summed E-state index contributed by atoms with van der Waals surface area (Å²) in [7, 11) is 1.27. The van der Waals surface area contributed by atoms with Crippen molar-refractivity contribution in [3.63, 3.8) is 0 Å². The van der Waals surface area contributed by atoms with Crippen LogP contribution in [-0.4, -0.2) is 64.1 Å². The van der Waals surface area contributed by atoms with Crippen molar-refractivity contribution in [2.75, 3.05) is 7.11 Å². The van der Waals surface area contributed by atoms with Gasteiger partial charge in [-0.05, 0) is 98.6 Å². The Bertz CT molecular complexity index is 2200. The van der Waals surface area contributed by atoms with Gasteiger partial charge in [0.15, 0.2) is 28.5 Å². The van der Waals surface area contributed by atoms with Crippen LogP contribution in [0.25, 0.3) is 5.57 Å². The number of nitrogens with zero attached hydrogens (tertiary/aromatic N) is 1. The van der Waals surface area contributed by atoms with Gasteiger partial charge in [0, 0.05) is 35.1 Å². The summed E-state index contributed by atoms with van der Waals surface area (Å²) < 4.78 is 32.6. The van der Waals surface area contributed by atoms with E-state index in [0.717, 1.165) is 12.0 Å². The maximum absolute atomic E-state index is 16.1. The van der Waals surface area contributed by atoms with E-state index in [1.54, 1.807) is 13.0 Å². The van der Waals surface area contributed by atoms with Crippen molar-refractivity contribution in [2.24, 2.45) is 46.2 Å². The van der Waals surface area contributed by atoms with Crippen molar-refractivity contribution in [3.05, 3.63) is 70.0 Å². The molecule has 0 aromatic heterocycles. The molecule has 4 aliphatic heterocycles. The number of carbonyl (C=O) groups excluding carboxylic acids is 4. The van der Waals surface area contributed by atoms with Crippen LogP contribution in [0.2, 0.25) is 0 Å². The number of carbonyl (C=O) groups is 4. The van der Waals surface area contributed by atoms with Crippen molar-refractivity contribution in [2.45, 2.75) is 116 Å². The molecule has 8 rings (SSSR count). The Balaban J connectivity index is 1.57. The number of Topliss-reactive ketones (excluding diaryl/α,β-unsaturated/α-hetero) is 2. The summed E-state index contributed by atoms with van der Waals surface area (Å²) in [6.45, 7) is 19.3. The zero-order valence-corrected chi connectivity index (χ0v) is 34.9. The summed E-state index contributed by atoms with van der Waals surface area (Å²) in [6, 6.07) is 0. The van der Waals surface area contributed by atoms with Crippen LogP contribution in [0, 0.1) is 29.6 Å². The molecule has 1 spiro atoms. The lowest BCUT2D eigenvalue weighted by Gasteiger charge is -2.64. The third-order valence-electron chi connectivity index (χ3n) is 13.2. The smallest absolute Gasteiger partial charge is 0.333 e. The SMILES string of the molecule is C=C(N)C(/C(N)=N\O)C1C2CC3C(C)(C)OC(C/C=C(/C)C(=O)OC)(C2=O)C32Oc3c(CC=C(C)C)c4c5c(c3C(=O)C12)OC(=O)CC5=CC(C)(CCC=C(C)C)O4. The number of hydrogen-bond donors (Lipinski definition) is 3. The molecule has 5 N–H and O–H groups in total. The Morgan fingerprint density at radius 2 is 1.69 bits per heavy atom. The van der Waals surface area contributed by atoms with E-state index < -0.39 is 69.7 Å². The second-order valence-electron chi connectivity index (χ2n) is 18.0. The highest BCUT2D eigenvalue weighted by Gasteiger charge is 2.86. The summed E-state index contributed by atoms with van der Waals surface area (Å²) >= 11 is 0. The van der Waals surface area contributed by atoms with Crippen molar-refractivity contribution >= 4 is 34.9 Å². The predicted molar refractivity (Wildman–Crippen MR) is 215 cm³/mol. The molecule has 8 unspecified atom stereocenters. The largest absolute Gasteiger partial charge is 0.482 e. The molecule has 1 aromatic carbocycles. The summed E-state index contributed by atoms with van der Waals surface area (Å²) in [5.41, 5.74) is 11.6. The summed E-state index contributed by atoms with van der Waals surface area (Å²) in [5.74, 6) is -6.47. The number of esters is 2. The minimum atomic E-state index is -1.80. The lowest BCUT2D eigenvalue weighted by molar-refractivity contribution is -0.213. The molecule has 4 heterocycles. The molecule has 13 nitrogen and oxygen atoms in total. The minimum absolute atomic E-state index is 0.00845. The number of amidine groups is 1. The lowest BCUT2D eigenvalue weighted by atomic mass is 9.41. The van der Waals surface area contributed by atoms with Gasteiger partial charge in [-0.1, -0.05) is 41.1 Å². The van der Waals surface area contributed by atoms with E-state index in [4.69, 9.17) is 35.2 Å². The topological polar surface area (TPSA) is 199 Å². The average Bonchev–Trinajstić information content (AvgIpc) is 3.28. The molecule has 4 fully saturated rings. The molecule has 1 saturated heterocycles. The van der Waals surface area contributed by atoms with Gasteiger partial charge in [0.25, 0.3) is 0 Å². The summed E-state index contributed by atoms with van der Waals surface area (Å²) in [4.78, 5) is 57.8. The molecule has 0 amide bonds. The fraction of sp³-hybridized carbons (Fsp3) is 0.533. The van der Waals surface area contributed by atoms with E-state index in [1.807, 2.05) is 60.6 Å². The number of hydrogen-bond acceptors (Lipinski definition) is 12. The van der Waals surface area contributed by atoms with Crippen LogP contribution >= 0.6 is 0 Å². The van der Waals surface area contributed by atoms with Gasteiger partial charge in [0.2, 0.25) is 0 Å². The fourth-order valence-electron chi connectivity index (χ4n) is 10.9. The number of ketones is 2. The number of nitrogens with two attached hydrogens (primary N) is 2. The van der Waals surface area contributed by atoms with Crippen molar-refractivity contribution in [1.29, 1.82) is 0 Å². The van der Waals surface area contributed by atoms with E-state index in [-0.39, 0.29) is 65.6 Å². The third kappa shape index (κ3) is 5.85. The van der Waals surface area contributed by atoms with E-state index in [9.17, 15) is 14.8 Å². The van der Waals surface area contributed by atoms with Crippen LogP contribution in [-0.2, 0) is 30.3 Å². The van der Waals surface area contributed by atoms with E-state index in [2.05, 4.69) is 17.8 Å². The van der Waals surface area contributed by atoms with Crippen LogP contribution in [0.5, 0.6) is 17.2 Å². The number of benzene rings is 1. The second-order valence-corrected chi connectivity index (χ2v) is 18.0. The van der Waals surface area contributed by atoms with Gasteiger partial charge >= 0.3 is 11.9 Å². The summed E-state index contributed by atoms with van der Waals surface area (Å²) in [6.07, 6.45) is 9.37. The first-order chi connectivity index (χ1) is 27.2. The Morgan fingerprint density at radius 3 is 2.31 bits per heavy atom. The second kappa shape index (κ2) is 14.0. The first-order valence-electron chi connectivity index (χ1n) is 19.9. The third-order valence-corrected chi connectivity index (χ3v) is 13.2. The molecule has 310 valence electrons. The van der Waals surface area contributed by atoms with E-state index in [0.29, 0.717) is 28.9 Å². The average molecular weight is 798 g/mol. The lowest BCUT2D eigenvalue weighted by Crippen LogP contribution is -2.79. The standard InChI is InChI=1S/C45H55N3O10/c1-21(2)12-11-16-43(9)20-25-18-29(49)55-38-31(25)36(56-43)26(14-13-22(3)4)37-33(38)35(50)34-32(30(24(6)46)40(47)48-53)27-19-28-42(7,8)58-44(39(27)51,45(28,34)57-37)17-15-23(5)41(52)54-10/h12-13,15,20,27-28,30,32,34,53H,6,11,14,16-19,46H2,1-5,7-10H3,(H2,47,48)/b23-15-. The monoisotopic (exact) mass is 797 g/mol. The van der Waals surface area contributed by atoms with Gasteiger partial charge in [-0.3, -0.25) is 14.4 Å². The van der Waals surface area contributed by atoms with E-state index in [1.165, 1.54) is 12.7 Å². The molecule has 0 radical (unpaired) electrons. The molecular weight excluding hydrogens is 743 g/mol. The highest BCUT2D eigenvalue weighted by molar-refractivity contribution is 6.12. The summed E-state index contributed by atoms with van der Waals surface area (Å²) in [5, 5.41) is 13.4. The van der Waals surface area contributed by atoms with Crippen LogP contribution < -0.4 is 25.7 Å². The molecule has 7 aliphatic rings. The maximum Gasteiger partial charge on any atom is 0.333 e. The van der Waals surface area contributed by atoms with Crippen LogP contribution in [0.3, 0.4) is 0 Å². The predicted octanol–water partition coefficient (Wildman–Crippen LogP) is 6.44. The molecule has 3 aliphatic carbocycles. The molecule has 58 heavy (non-hydrogen) atoms. The Labute approximate surface area is 339 Å². The first kappa shape index (κ1) is 41.0. The number of allylic oxidation sites excluding steroid dienone is 4. The number of methoxy groups -OCH3 is 1. The molecule has 13 heteroatoms. The molecule has 4 bridgehead atoms. The van der Waals surface area contributed by atoms with Crippen LogP contribution in [0.1, 0.15) is 109 Å². The minimum Gasteiger partial charge on any atom is -0.482 e. The molecule has 8 atom stereocenters. The quantitative estimate of drug-likeness (QED) is 0.0324. The Morgan fingerprint density at radius 1 is 1.02 bits per heavy atom. The van der Waals surface area contributed by atoms with Crippen molar-refractivity contribution in [1.82, 2.24) is 0 Å². The normalized spacial score (nSPS) is 31.7. The van der Waals surface area contributed by atoms with Gasteiger partial charge in [-0.2, -0.15) is 0 Å². The number of fused-ring (bicyclic) bond motifs is 2. The van der Waals surface area contributed by atoms with Gasteiger partial charge in [-0.25, -0.2) is 4.79 Å². The van der Waals surface area contributed by atoms with Crippen LogP contribution in [0.15, 0.2) is 58.5 Å². The maximum atomic E-state index is 16.1. The van der Waals surface area contributed by atoms with Gasteiger partial charge in [0.05, 0.1) is 36.5 Å². The first-order valence-corrected chi connectivity index (χ1v) is 19.9. The number of ether oxygens (including phenoxy) is 5. The van der Waals surface area contributed by atoms with Gasteiger partial charge in [-0.15, -0.1) is 0 Å². The molecule has 1 aromatic rings. The Kier molecular flexibility index (Phi) is 9.89. The van der Waals surface area contributed by atoms with Gasteiger partial charge < -0.3 is 40.4 Å². The van der Waals surface area contributed by atoms with Crippen molar-refractivity contribution < 1.29 is 48.1 Å². The highest BCUT2D eigenvalue weighted by atomic mass is 16.6. The van der Waals surface area contributed by atoms with E-state index >= 15 is 9.59 Å². The number of oxime groups is 1. The Hall–Kier alpha value is -5.17. The van der Waals surface area contributed by atoms with Crippen molar-refractivity contribution in [3.8, 4) is 17.2 Å². The molecule has 3 saturated carbocycles. The number of rotatable bonds is 11. The highest BCUT2D eigenvalue weighted by Crippen LogP contribution is 2.73. The zero-order valence-electron chi connectivity index (χ0n) is 34.9. The van der Waals surface area contributed by atoms with Crippen LogP contribution in [0.4, 0.5) is 0 Å².